The summed E-state index contributed by atoms with van der Waals surface area (Å²) in [5, 5.41) is 4.63. The van der Waals surface area contributed by atoms with Crippen molar-refractivity contribution in [2.24, 2.45) is 0 Å². The fourth-order valence-electron chi connectivity index (χ4n) is 4.63. The van der Waals surface area contributed by atoms with Gasteiger partial charge in [0.25, 0.3) is 5.91 Å². The molecule has 4 rings (SSSR count). The van der Waals surface area contributed by atoms with Crippen LogP contribution in [0.2, 0.25) is 0 Å². The molecule has 2 amide bonds. The van der Waals surface area contributed by atoms with Crippen molar-refractivity contribution in [3.05, 3.63) is 17.0 Å². The maximum absolute atomic E-state index is 13.2. The van der Waals surface area contributed by atoms with Crippen LogP contribution in [-0.4, -0.2) is 74.6 Å². The van der Waals surface area contributed by atoms with Crippen LogP contribution in [0.15, 0.2) is 0 Å². The molecule has 1 aromatic rings. The lowest BCUT2D eigenvalue weighted by Gasteiger charge is -2.35. The van der Waals surface area contributed by atoms with Gasteiger partial charge in [-0.2, -0.15) is 5.10 Å². The van der Waals surface area contributed by atoms with Crippen LogP contribution in [-0.2, 0) is 28.9 Å². The van der Waals surface area contributed by atoms with Crippen LogP contribution in [0.4, 0.5) is 0 Å². The van der Waals surface area contributed by atoms with Gasteiger partial charge in [-0.15, -0.1) is 0 Å². The zero-order chi connectivity index (χ0) is 19.8. The van der Waals surface area contributed by atoms with E-state index in [1.807, 2.05) is 23.6 Å². The lowest BCUT2D eigenvalue weighted by molar-refractivity contribution is -0.132. The number of halogens is 1. The smallest absolute Gasteiger partial charge is 0.274 e. The van der Waals surface area contributed by atoms with E-state index in [0.29, 0.717) is 23.6 Å². The summed E-state index contributed by atoms with van der Waals surface area (Å²) in [4.78, 5) is 30.2. The van der Waals surface area contributed by atoms with E-state index in [2.05, 4.69) is 21.0 Å². The Balaban J connectivity index is 1.51. The van der Waals surface area contributed by atoms with Gasteiger partial charge in [-0.25, -0.2) is 0 Å². The normalized spacial score (nSPS) is 25.8. The largest absolute Gasteiger partial charge is 0.372 e. The molecule has 0 bridgehead atoms. The summed E-state index contributed by atoms with van der Waals surface area (Å²) in [5.41, 5.74) is 2.66. The Bertz CT molecular complexity index is 747. The summed E-state index contributed by atoms with van der Waals surface area (Å²) >= 11 is 3.63. The zero-order valence-corrected chi connectivity index (χ0v) is 18.3. The van der Waals surface area contributed by atoms with E-state index in [9.17, 15) is 9.59 Å². The molecule has 8 heteroatoms. The van der Waals surface area contributed by atoms with Gasteiger partial charge < -0.3 is 14.5 Å². The summed E-state index contributed by atoms with van der Waals surface area (Å²) in [5.74, 6) is 0.0793. The van der Waals surface area contributed by atoms with Gasteiger partial charge >= 0.3 is 0 Å². The molecule has 154 valence electrons. The molecule has 0 aromatic carbocycles. The number of aromatic nitrogens is 2. The third-order valence-electron chi connectivity index (χ3n) is 5.98. The highest BCUT2D eigenvalue weighted by atomic mass is 79.9. The molecule has 0 radical (unpaired) electrons. The minimum absolute atomic E-state index is 0.0218. The molecule has 2 fully saturated rings. The molecule has 0 unspecified atom stereocenters. The van der Waals surface area contributed by atoms with Crippen molar-refractivity contribution in [2.75, 3.05) is 26.2 Å². The first-order chi connectivity index (χ1) is 13.4. The van der Waals surface area contributed by atoms with E-state index in [0.717, 1.165) is 56.5 Å². The Morgan fingerprint density at radius 3 is 2.46 bits per heavy atom. The molecule has 0 N–H and O–H groups in total. The predicted octanol–water partition coefficient (Wildman–Crippen LogP) is 2.01. The van der Waals surface area contributed by atoms with Crippen molar-refractivity contribution < 1.29 is 14.3 Å². The van der Waals surface area contributed by atoms with Gasteiger partial charge in [0.1, 0.15) is 6.54 Å². The number of likely N-dealkylation sites (tertiary alicyclic amines) is 1. The molecule has 28 heavy (non-hydrogen) atoms. The van der Waals surface area contributed by atoms with Crippen LogP contribution in [0.3, 0.4) is 0 Å². The summed E-state index contributed by atoms with van der Waals surface area (Å²) in [6.07, 6.45) is 4.81. The van der Waals surface area contributed by atoms with Gasteiger partial charge in [-0.3, -0.25) is 14.3 Å². The highest BCUT2D eigenvalue weighted by Gasteiger charge is 2.33. The van der Waals surface area contributed by atoms with E-state index in [1.54, 1.807) is 4.68 Å². The predicted molar refractivity (Wildman–Crippen MR) is 109 cm³/mol. The molecule has 3 aliphatic rings. The molecular weight excluding hydrogens is 424 g/mol. The summed E-state index contributed by atoms with van der Waals surface area (Å²) in [6.45, 7) is 6.97. The molecule has 7 nitrogen and oxygen atoms in total. The number of hydrogen-bond acceptors (Lipinski definition) is 4. The molecule has 2 saturated heterocycles. The average Bonchev–Trinajstić information content (AvgIpc) is 3.25. The van der Waals surface area contributed by atoms with Crippen LogP contribution in [0.5, 0.6) is 0 Å². The number of alkyl halides is 1. The van der Waals surface area contributed by atoms with Gasteiger partial charge in [0.15, 0.2) is 5.69 Å². The van der Waals surface area contributed by atoms with Crippen LogP contribution in [0.1, 0.15) is 54.9 Å². The van der Waals surface area contributed by atoms with E-state index < -0.39 is 0 Å². The van der Waals surface area contributed by atoms with Gasteiger partial charge in [0.05, 0.1) is 12.2 Å². The van der Waals surface area contributed by atoms with Gasteiger partial charge in [-0.1, -0.05) is 15.9 Å². The van der Waals surface area contributed by atoms with Crippen molar-refractivity contribution >= 4 is 27.7 Å². The standard InChI is InChI=1S/C20H29BrN4O3/c1-13-10-24(11-14(2)28-13)20(27)19-16-4-3-5-17(16)25(22-19)12-18(26)23-8-6-15(21)7-9-23/h13-15H,3-12H2,1-2H3/t13-,14+. The molecule has 0 spiro atoms. The molecule has 2 aliphatic heterocycles. The third-order valence-corrected chi connectivity index (χ3v) is 6.89. The number of nitrogens with zero attached hydrogens (tertiary/aromatic N) is 4. The number of ether oxygens (including phenoxy) is 1. The summed E-state index contributed by atoms with van der Waals surface area (Å²) in [6, 6.07) is 0. The Hall–Kier alpha value is -1.41. The Morgan fingerprint density at radius 2 is 1.79 bits per heavy atom. The summed E-state index contributed by atoms with van der Waals surface area (Å²) < 4.78 is 7.55. The monoisotopic (exact) mass is 452 g/mol. The van der Waals surface area contributed by atoms with Crippen LogP contribution >= 0.6 is 15.9 Å². The SMILES string of the molecule is C[C@@H]1CN(C(=O)c2nn(CC(=O)N3CCC(Br)CC3)c3c2CCC3)C[C@H](C)O1. The van der Waals surface area contributed by atoms with Crippen LogP contribution in [0.25, 0.3) is 0 Å². The number of morpholine rings is 1. The second kappa shape index (κ2) is 8.14. The quantitative estimate of drug-likeness (QED) is 0.657. The third kappa shape index (κ3) is 3.99. The zero-order valence-electron chi connectivity index (χ0n) is 16.7. The van der Waals surface area contributed by atoms with E-state index >= 15 is 0 Å². The van der Waals surface area contributed by atoms with Gasteiger partial charge in [-0.05, 0) is 46.0 Å². The fourth-order valence-corrected chi connectivity index (χ4v) is 5.04. The van der Waals surface area contributed by atoms with Crippen LogP contribution < -0.4 is 0 Å². The van der Waals surface area contributed by atoms with Crippen molar-refractivity contribution in [3.63, 3.8) is 0 Å². The average molecular weight is 453 g/mol. The Kier molecular flexibility index (Phi) is 5.78. The van der Waals surface area contributed by atoms with Gasteiger partial charge in [0, 0.05) is 42.3 Å². The maximum Gasteiger partial charge on any atom is 0.274 e. The number of piperidine rings is 1. The molecule has 3 heterocycles. The molecule has 1 aromatic heterocycles. The van der Waals surface area contributed by atoms with Crippen molar-refractivity contribution in [1.82, 2.24) is 19.6 Å². The first-order valence-corrected chi connectivity index (χ1v) is 11.3. The number of carbonyl (C=O) groups excluding carboxylic acids is 2. The second-order valence-electron chi connectivity index (χ2n) is 8.31. The summed E-state index contributed by atoms with van der Waals surface area (Å²) in [7, 11) is 0. The van der Waals surface area contributed by atoms with E-state index in [-0.39, 0.29) is 30.6 Å². The number of amides is 2. The Morgan fingerprint density at radius 1 is 1.11 bits per heavy atom. The Labute approximate surface area is 174 Å². The lowest BCUT2D eigenvalue weighted by atomic mass is 10.1. The highest BCUT2D eigenvalue weighted by molar-refractivity contribution is 9.09. The molecule has 0 saturated carbocycles. The van der Waals surface area contributed by atoms with Crippen LogP contribution in [0, 0.1) is 0 Å². The second-order valence-corrected chi connectivity index (χ2v) is 9.60. The van der Waals surface area contributed by atoms with E-state index in [1.165, 1.54) is 0 Å². The lowest BCUT2D eigenvalue weighted by Crippen LogP contribution is -2.48. The van der Waals surface area contributed by atoms with Gasteiger partial charge in [0.2, 0.25) is 5.91 Å². The fraction of sp³-hybridized carbons (Fsp3) is 0.750. The first kappa shape index (κ1) is 19.9. The maximum atomic E-state index is 13.2. The minimum atomic E-state index is -0.0218. The van der Waals surface area contributed by atoms with Crippen molar-refractivity contribution in [2.45, 2.75) is 69.5 Å². The number of hydrogen-bond donors (Lipinski definition) is 0. The van der Waals surface area contributed by atoms with Crippen molar-refractivity contribution in [1.29, 1.82) is 0 Å². The number of fused-ring (bicyclic) bond motifs is 1. The highest BCUT2D eigenvalue weighted by Crippen LogP contribution is 2.27. The molecular formula is C20H29BrN4O3. The van der Waals surface area contributed by atoms with Crippen molar-refractivity contribution in [3.8, 4) is 0 Å². The van der Waals surface area contributed by atoms with E-state index in [4.69, 9.17) is 4.74 Å². The first-order valence-electron chi connectivity index (χ1n) is 10.4. The number of carbonyl (C=O) groups is 2. The molecule has 2 atom stereocenters. The number of rotatable bonds is 3. The molecule has 1 aliphatic carbocycles. The topological polar surface area (TPSA) is 67.7 Å². The minimum Gasteiger partial charge on any atom is -0.372 e.